The van der Waals surface area contributed by atoms with E-state index in [9.17, 15) is 13.2 Å². The first-order valence-corrected chi connectivity index (χ1v) is 10.8. The fourth-order valence-corrected chi connectivity index (χ4v) is 4.68. The highest BCUT2D eigenvalue weighted by atomic mass is 19.4. The summed E-state index contributed by atoms with van der Waals surface area (Å²) in [7, 11) is 1.56. The summed E-state index contributed by atoms with van der Waals surface area (Å²) in [6, 6.07) is 13.9. The van der Waals surface area contributed by atoms with Crippen molar-refractivity contribution in [3.63, 3.8) is 0 Å². The lowest BCUT2D eigenvalue weighted by molar-refractivity contribution is -0.281. The molecular weight excluding hydrogens is 405 g/mol. The highest BCUT2D eigenvalue weighted by molar-refractivity contribution is 5.47. The van der Waals surface area contributed by atoms with Gasteiger partial charge in [-0.1, -0.05) is 30.3 Å². The van der Waals surface area contributed by atoms with E-state index >= 15 is 0 Å². The number of hydrogen-bond donors (Lipinski definition) is 2. The molecular formula is C24H29F3N2O2. The maximum absolute atomic E-state index is 13.9. The summed E-state index contributed by atoms with van der Waals surface area (Å²) in [5, 5.41) is 7.14. The fourth-order valence-electron chi connectivity index (χ4n) is 4.68. The summed E-state index contributed by atoms with van der Waals surface area (Å²) in [6.07, 6.45) is -2.02. The maximum atomic E-state index is 13.9. The number of hydrogen-bond acceptors (Lipinski definition) is 4. The van der Waals surface area contributed by atoms with Crippen molar-refractivity contribution in [1.82, 2.24) is 10.6 Å². The van der Waals surface area contributed by atoms with Gasteiger partial charge in [0.25, 0.3) is 0 Å². The molecule has 2 aliphatic heterocycles. The van der Waals surface area contributed by atoms with Crippen LogP contribution in [0.4, 0.5) is 13.2 Å². The molecule has 4 rings (SSSR count). The predicted molar refractivity (Wildman–Crippen MR) is 113 cm³/mol. The highest BCUT2D eigenvalue weighted by Crippen LogP contribution is 2.46. The van der Waals surface area contributed by atoms with E-state index < -0.39 is 11.8 Å². The highest BCUT2D eigenvalue weighted by Gasteiger charge is 2.55. The molecule has 31 heavy (non-hydrogen) atoms. The van der Waals surface area contributed by atoms with Gasteiger partial charge >= 0.3 is 6.18 Å². The molecule has 0 bridgehead atoms. The first-order chi connectivity index (χ1) is 14.8. The summed E-state index contributed by atoms with van der Waals surface area (Å²) in [4.78, 5) is 0. The van der Waals surface area contributed by atoms with Gasteiger partial charge in [-0.2, -0.15) is 13.2 Å². The van der Waals surface area contributed by atoms with Gasteiger partial charge in [-0.15, -0.1) is 0 Å². The lowest BCUT2D eigenvalue weighted by atomic mass is 9.85. The fraction of sp³-hybridized carbons (Fsp3) is 0.500. The van der Waals surface area contributed by atoms with Crippen molar-refractivity contribution < 1.29 is 22.6 Å². The number of nitrogens with one attached hydrogen (secondary N) is 2. The van der Waals surface area contributed by atoms with Crippen molar-refractivity contribution >= 4 is 0 Å². The number of ether oxygens (including phenoxy) is 2. The number of piperidine rings is 1. The molecule has 0 spiro atoms. The predicted octanol–water partition coefficient (Wildman–Crippen LogP) is 4.63. The van der Waals surface area contributed by atoms with Crippen LogP contribution in [0.15, 0.2) is 42.5 Å². The van der Waals surface area contributed by atoms with Gasteiger partial charge in [-0.3, -0.25) is 0 Å². The Balaban J connectivity index is 1.60. The standard InChI is InChI=1S/C24H29F3N2O2/c1-23(24(25,26)27)19-13-18(21(30-2)14-17(19)10-12-31-23)15-29-20-9-6-11-28-22(20)16-7-4-3-5-8-16/h3-5,7-8,13-14,20,22,28-29H,6,9-12,15H2,1-2H3/t20-,22-,23-/m0/s1. The third-order valence-corrected chi connectivity index (χ3v) is 6.50. The van der Waals surface area contributed by atoms with E-state index in [1.54, 1.807) is 19.2 Å². The number of alkyl halides is 3. The molecule has 0 aromatic heterocycles. The van der Waals surface area contributed by atoms with Crippen LogP contribution in [0.5, 0.6) is 5.75 Å². The largest absolute Gasteiger partial charge is 0.496 e. The third-order valence-electron chi connectivity index (χ3n) is 6.50. The Kier molecular flexibility index (Phi) is 6.28. The smallest absolute Gasteiger partial charge is 0.421 e. The quantitative estimate of drug-likeness (QED) is 0.720. The molecule has 2 N–H and O–H groups in total. The zero-order chi connectivity index (χ0) is 22.1. The zero-order valence-electron chi connectivity index (χ0n) is 17.9. The molecule has 2 aromatic carbocycles. The van der Waals surface area contributed by atoms with E-state index in [0.717, 1.165) is 26.3 Å². The van der Waals surface area contributed by atoms with Crippen molar-refractivity contribution in [2.45, 2.75) is 56.6 Å². The molecule has 0 saturated carbocycles. The summed E-state index contributed by atoms with van der Waals surface area (Å²) in [6.45, 7) is 2.52. The Morgan fingerprint density at radius 1 is 1.23 bits per heavy atom. The van der Waals surface area contributed by atoms with Gasteiger partial charge in [0, 0.05) is 24.2 Å². The van der Waals surface area contributed by atoms with Crippen LogP contribution in [-0.2, 0) is 23.3 Å². The van der Waals surface area contributed by atoms with Gasteiger partial charge in [0.2, 0.25) is 0 Å². The first-order valence-electron chi connectivity index (χ1n) is 10.8. The summed E-state index contributed by atoms with van der Waals surface area (Å²) >= 11 is 0. The average molecular weight is 435 g/mol. The Hall–Kier alpha value is -2.09. The second-order valence-corrected chi connectivity index (χ2v) is 8.42. The van der Waals surface area contributed by atoms with Crippen molar-refractivity contribution in [3.8, 4) is 5.75 Å². The van der Waals surface area contributed by atoms with Crippen LogP contribution >= 0.6 is 0 Å². The Bertz CT molecular complexity index is 904. The van der Waals surface area contributed by atoms with E-state index in [0.29, 0.717) is 29.8 Å². The molecule has 3 atom stereocenters. The average Bonchev–Trinajstić information content (AvgIpc) is 2.77. The van der Waals surface area contributed by atoms with Crippen molar-refractivity contribution in [1.29, 1.82) is 0 Å². The van der Waals surface area contributed by atoms with Crippen LogP contribution in [0.3, 0.4) is 0 Å². The van der Waals surface area contributed by atoms with E-state index in [4.69, 9.17) is 9.47 Å². The SMILES string of the molecule is COc1cc2c(cc1CN[C@H]1CCCN[C@H]1c1ccccc1)[C@@](C)(C(F)(F)F)OCC2. The maximum Gasteiger partial charge on any atom is 0.421 e. The molecule has 0 unspecified atom stereocenters. The van der Waals surface area contributed by atoms with Crippen molar-refractivity contribution in [2.75, 3.05) is 20.3 Å². The zero-order valence-corrected chi connectivity index (χ0v) is 17.9. The molecule has 2 aromatic rings. The number of methoxy groups -OCH3 is 1. The topological polar surface area (TPSA) is 42.5 Å². The minimum Gasteiger partial charge on any atom is -0.496 e. The van der Waals surface area contributed by atoms with Crippen LogP contribution < -0.4 is 15.4 Å². The van der Waals surface area contributed by atoms with Gasteiger partial charge in [0.15, 0.2) is 5.60 Å². The lowest BCUT2D eigenvalue weighted by Crippen LogP contribution is -2.46. The minimum atomic E-state index is -4.49. The van der Waals surface area contributed by atoms with Crippen molar-refractivity contribution in [3.05, 3.63) is 64.7 Å². The third kappa shape index (κ3) is 4.31. The summed E-state index contributed by atoms with van der Waals surface area (Å²) < 4.78 is 52.4. The number of rotatable bonds is 5. The minimum absolute atomic E-state index is 0.0380. The van der Waals surface area contributed by atoms with Gasteiger partial charge in [0.1, 0.15) is 5.75 Å². The van der Waals surface area contributed by atoms with E-state index in [2.05, 4.69) is 22.8 Å². The molecule has 168 valence electrons. The molecule has 1 fully saturated rings. The molecule has 1 saturated heterocycles. The second kappa shape index (κ2) is 8.81. The Morgan fingerprint density at radius 3 is 2.71 bits per heavy atom. The molecule has 2 aliphatic rings. The molecule has 2 heterocycles. The van der Waals surface area contributed by atoms with Gasteiger partial charge < -0.3 is 20.1 Å². The van der Waals surface area contributed by atoms with Gasteiger partial charge in [0.05, 0.1) is 13.7 Å². The first kappa shape index (κ1) is 22.1. The summed E-state index contributed by atoms with van der Waals surface area (Å²) in [5.74, 6) is 0.609. The van der Waals surface area contributed by atoms with Crippen LogP contribution in [0.25, 0.3) is 0 Å². The van der Waals surface area contributed by atoms with Crippen molar-refractivity contribution in [2.24, 2.45) is 0 Å². The number of benzene rings is 2. The normalized spacial score (nSPS) is 26.4. The lowest BCUT2D eigenvalue weighted by Gasteiger charge is -2.38. The molecule has 7 heteroatoms. The molecule has 0 amide bonds. The second-order valence-electron chi connectivity index (χ2n) is 8.42. The van der Waals surface area contributed by atoms with E-state index in [1.165, 1.54) is 5.56 Å². The molecule has 4 nitrogen and oxygen atoms in total. The van der Waals surface area contributed by atoms with Crippen LogP contribution in [0.1, 0.15) is 48.1 Å². The molecule has 0 radical (unpaired) electrons. The monoisotopic (exact) mass is 434 g/mol. The van der Waals surface area contributed by atoms with Gasteiger partial charge in [-0.25, -0.2) is 0 Å². The van der Waals surface area contributed by atoms with Crippen LogP contribution in [0.2, 0.25) is 0 Å². The number of fused-ring (bicyclic) bond motifs is 1. The summed E-state index contributed by atoms with van der Waals surface area (Å²) in [5.41, 5.74) is 0.425. The van der Waals surface area contributed by atoms with Gasteiger partial charge in [-0.05, 0) is 61.6 Å². The molecule has 0 aliphatic carbocycles. The van der Waals surface area contributed by atoms with E-state index in [-0.39, 0.29) is 24.3 Å². The van der Waals surface area contributed by atoms with E-state index in [1.807, 2.05) is 18.2 Å². The Morgan fingerprint density at radius 2 is 2.00 bits per heavy atom. The van der Waals surface area contributed by atoms with Crippen LogP contribution in [-0.4, -0.2) is 32.5 Å². The number of halogens is 3. The van der Waals surface area contributed by atoms with Crippen LogP contribution in [0, 0.1) is 0 Å². The Labute approximate surface area is 181 Å².